The number of carbonyl (C=O) groups is 5. The molecule has 182 valence electrons. The van der Waals surface area contributed by atoms with Crippen LogP contribution >= 0.6 is 0 Å². The molecule has 1 rings (SSSR count). The number of aliphatic carboxylic acids is 2. The minimum atomic E-state index is -1.33. The van der Waals surface area contributed by atoms with Crippen molar-refractivity contribution in [3.8, 4) is 0 Å². The van der Waals surface area contributed by atoms with E-state index >= 15 is 0 Å². The Bertz CT molecular complexity index is 818. The summed E-state index contributed by atoms with van der Waals surface area (Å²) in [5.41, 5.74) is 11.6. The molecule has 3 amide bonds. The first-order chi connectivity index (χ1) is 15.6. The van der Waals surface area contributed by atoms with Crippen LogP contribution in [-0.2, 0) is 30.4 Å². The summed E-state index contributed by atoms with van der Waals surface area (Å²) in [6.07, 6.45) is 0.773. The van der Waals surface area contributed by atoms with Crippen molar-refractivity contribution in [2.45, 2.75) is 50.2 Å². The Labute approximate surface area is 191 Å². The van der Waals surface area contributed by atoms with Crippen molar-refractivity contribution >= 4 is 29.7 Å². The number of rotatable bonds is 15. The summed E-state index contributed by atoms with van der Waals surface area (Å²) >= 11 is 0. The molecule has 12 heteroatoms. The molecule has 0 aliphatic heterocycles. The van der Waals surface area contributed by atoms with Crippen LogP contribution < -0.4 is 27.4 Å². The molecule has 0 fully saturated rings. The molecule has 0 saturated carbocycles. The van der Waals surface area contributed by atoms with Gasteiger partial charge in [0.15, 0.2) is 0 Å². The number of hydrogen-bond donors (Lipinski definition) is 7. The topological polar surface area (TPSA) is 214 Å². The van der Waals surface area contributed by atoms with E-state index in [0.29, 0.717) is 19.4 Å². The highest BCUT2D eigenvalue weighted by Crippen LogP contribution is 2.06. The van der Waals surface area contributed by atoms with Crippen LogP contribution in [0, 0.1) is 0 Å². The molecule has 0 spiro atoms. The zero-order valence-corrected chi connectivity index (χ0v) is 18.2. The molecular formula is C21H31N5O7. The molecule has 3 unspecified atom stereocenters. The first kappa shape index (κ1) is 27.5. The van der Waals surface area contributed by atoms with Gasteiger partial charge in [0.2, 0.25) is 17.7 Å². The number of hydrogen-bond acceptors (Lipinski definition) is 7. The smallest absolute Gasteiger partial charge is 0.326 e. The highest BCUT2D eigenvalue weighted by Gasteiger charge is 2.27. The van der Waals surface area contributed by atoms with Gasteiger partial charge in [-0.3, -0.25) is 19.2 Å². The van der Waals surface area contributed by atoms with Crippen LogP contribution in [0.25, 0.3) is 0 Å². The molecule has 9 N–H and O–H groups in total. The second-order valence-electron chi connectivity index (χ2n) is 7.42. The van der Waals surface area contributed by atoms with Gasteiger partial charge in [-0.05, 0) is 31.4 Å². The summed E-state index contributed by atoms with van der Waals surface area (Å²) in [6, 6.07) is 5.19. The van der Waals surface area contributed by atoms with Gasteiger partial charge in [-0.25, -0.2) is 4.79 Å². The third-order valence-electron chi connectivity index (χ3n) is 4.65. The molecule has 0 aromatic heterocycles. The van der Waals surface area contributed by atoms with Crippen LogP contribution in [0.4, 0.5) is 0 Å². The lowest BCUT2D eigenvalue weighted by atomic mass is 10.0. The average Bonchev–Trinajstić information content (AvgIpc) is 2.76. The molecule has 3 atom stereocenters. The van der Waals surface area contributed by atoms with Crippen molar-refractivity contribution < 1.29 is 34.2 Å². The van der Waals surface area contributed by atoms with Gasteiger partial charge >= 0.3 is 11.9 Å². The van der Waals surface area contributed by atoms with Crippen molar-refractivity contribution in [1.82, 2.24) is 16.0 Å². The van der Waals surface area contributed by atoms with Gasteiger partial charge < -0.3 is 37.6 Å². The van der Waals surface area contributed by atoms with E-state index in [1.54, 1.807) is 30.3 Å². The van der Waals surface area contributed by atoms with E-state index in [9.17, 15) is 29.1 Å². The van der Waals surface area contributed by atoms with Gasteiger partial charge in [0, 0.05) is 6.42 Å². The van der Waals surface area contributed by atoms with Crippen molar-refractivity contribution in [1.29, 1.82) is 0 Å². The minimum absolute atomic E-state index is 0.0834. The molecule has 0 bridgehead atoms. The lowest BCUT2D eigenvalue weighted by molar-refractivity contribution is -0.142. The van der Waals surface area contributed by atoms with Crippen molar-refractivity contribution in [3.05, 3.63) is 35.9 Å². The largest absolute Gasteiger partial charge is 0.481 e. The highest BCUT2D eigenvalue weighted by molar-refractivity contribution is 5.93. The highest BCUT2D eigenvalue weighted by atomic mass is 16.4. The minimum Gasteiger partial charge on any atom is -0.481 e. The van der Waals surface area contributed by atoms with E-state index in [1.165, 1.54) is 0 Å². The third-order valence-corrected chi connectivity index (χ3v) is 4.65. The zero-order valence-electron chi connectivity index (χ0n) is 18.2. The molecule has 1 aromatic carbocycles. The second kappa shape index (κ2) is 14.5. The van der Waals surface area contributed by atoms with Crippen LogP contribution in [0.15, 0.2) is 30.3 Å². The summed E-state index contributed by atoms with van der Waals surface area (Å²) < 4.78 is 0. The first-order valence-electron chi connectivity index (χ1n) is 10.5. The second-order valence-corrected chi connectivity index (χ2v) is 7.42. The number of nitrogens with two attached hydrogens (primary N) is 2. The molecule has 0 aliphatic rings. The first-order valence-corrected chi connectivity index (χ1v) is 10.5. The Morgan fingerprint density at radius 2 is 1.58 bits per heavy atom. The van der Waals surface area contributed by atoms with Crippen molar-refractivity contribution in [2.75, 3.05) is 13.1 Å². The fourth-order valence-electron chi connectivity index (χ4n) is 2.91. The number of unbranched alkanes of at least 4 members (excludes halogenated alkanes) is 1. The van der Waals surface area contributed by atoms with Crippen LogP contribution in [-0.4, -0.2) is 71.1 Å². The van der Waals surface area contributed by atoms with Gasteiger partial charge in [-0.1, -0.05) is 30.3 Å². The zero-order chi connectivity index (χ0) is 24.8. The number of amides is 3. The average molecular weight is 466 g/mol. The number of benzene rings is 1. The van der Waals surface area contributed by atoms with E-state index in [0.717, 1.165) is 5.56 Å². The van der Waals surface area contributed by atoms with Crippen LogP contribution in [0.2, 0.25) is 0 Å². The number of carboxylic acid groups (broad SMARTS) is 2. The third kappa shape index (κ3) is 11.1. The maximum atomic E-state index is 12.8. The van der Waals surface area contributed by atoms with E-state index in [-0.39, 0.29) is 12.8 Å². The van der Waals surface area contributed by atoms with Crippen molar-refractivity contribution in [2.24, 2.45) is 11.5 Å². The maximum absolute atomic E-state index is 12.8. The number of carboxylic acids is 2. The Hall–Kier alpha value is -3.51. The van der Waals surface area contributed by atoms with Gasteiger partial charge in [-0.2, -0.15) is 0 Å². The fourth-order valence-corrected chi connectivity index (χ4v) is 2.91. The van der Waals surface area contributed by atoms with Crippen LogP contribution in [0.1, 0.15) is 31.2 Å². The Morgan fingerprint density at radius 1 is 0.909 bits per heavy atom. The summed E-state index contributed by atoms with van der Waals surface area (Å²) in [5, 5.41) is 25.2. The molecule has 12 nitrogen and oxygen atoms in total. The van der Waals surface area contributed by atoms with E-state index in [1.807, 2.05) is 0 Å². The summed E-state index contributed by atoms with van der Waals surface area (Å²) in [5.74, 6) is -4.72. The predicted molar refractivity (Wildman–Crippen MR) is 118 cm³/mol. The molecular weight excluding hydrogens is 434 g/mol. The number of carbonyl (C=O) groups excluding carboxylic acids is 3. The lowest BCUT2D eigenvalue weighted by Gasteiger charge is -2.22. The molecule has 0 aliphatic carbocycles. The standard InChI is InChI=1S/C21H31N5O7/c22-9-5-4-8-15(21(32)33)26-20(31)16(10-13-6-2-1-3-7-13)25-17(27)12-24-19(30)14(23)11-18(28)29/h1-3,6-7,14-16H,4-5,8-12,22-23H2,(H,24,30)(H,25,27)(H,26,31)(H,28,29)(H,32,33). The van der Waals surface area contributed by atoms with Gasteiger partial charge in [0.05, 0.1) is 19.0 Å². The Balaban J connectivity index is 2.81. The maximum Gasteiger partial charge on any atom is 0.326 e. The molecule has 1 aromatic rings. The summed E-state index contributed by atoms with van der Waals surface area (Å²) in [7, 11) is 0. The Kier molecular flexibility index (Phi) is 12.1. The fraction of sp³-hybridized carbons (Fsp3) is 0.476. The lowest BCUT2D eigenvalue weighted by Crippen LogP contribution is -2.54. The number of nitrogens with one attached hydrogen (secondary N) is 3. The predicted octanol–water partition coefficient (Wildman–Crippen LogP) is -1.67. The van der Waals surface area contributed by atoms with E-state index in [2.05, 4.69) is 16.0 Å². The normalized spacial score (nSPS) is 13.3. The van der Waals surface area contributed by atoms with Crippen LogP contribution in [0.5, 0.6) is 0 Å². The monoisotopic (exact) mass is 465 g/mol. The summed E-state index contributed by atoms with van der Waals surface area (Å²) in [4.78, 5) is 59.1. The molecule has 0 heterocycles. The van der Waals surface area contributed by atoms with Gasteiger partial charge in [0.25, 0.3) is 0 Å². The SMILES string of the molecule is NCCCCC(NC(=O)C(Cc1ccccc1)NC(=O)CNC(=O)C(N)CC(=O)O)C(=O)O. The Morgan fingerprint density at radius 3 is 2.15 bits per heavy atom. The molecule has 0 radical (unpaired) electrons. The van der Waals surface area contributed by atoms with Gasteiger partial charge in [-0.15, -0.1) is 0 Å². The van der Waals surface area contributed by atoms with Crippen LogP contribution in [0.3, 0.4) is 0 Å². The van der Waals surface area contributed by atoms with Crippen molar-refractivity contribution in [3.63, 3.8) is 0 Å². The van der Waals surface area contributed by atoms with E-state index in [4.69, 9.17) is 16.6 Å². The molecule has 33 heavy (non-hydrogen) atoms. The summed E-state index contributed by atoms with van der Waals surface area (Å²) in [6.45, 7) is -0.140. The van der Waals surface area contributed by atoms with E-state index < -0.39 is 60.8 Å². The van der Waals surface area contributed by atoms with Gasteiger partial charge in [0.1, 0.15) is 12.1 Å². The quantitative estimate of drug-likeness (QED) is 0.147. The molecule has 0 saturated heterocycles.